The maximum absolute atomic E-state index is 11.3. The molecule has 0 radical (unpaired) electrons. The molecule has 2 heterocycles. The number of carboxylic acid groups (broad SMARTS) is 1. The van der Waals surface area contributed by atoms with Crippen LogP contribution in [0.15, 0.2) is 30.6 Å². The lowest BCUT2D eigenvalue weighted by Crippen LogP contribution is -2.12. The van der Waals surface area contributed by atoms with E-state index in [0.717, 1.165) is 24.2 Å². The Morgan fingerprint density at radius 2 is 2.04 bits per heavy atom. The van der Waals surface area contributed by atoms with E-state index in [4.69, 9.17) is 4.74 Å². The topological polar surface area (TPSA) is 77.2 Å². The second-order valence-electron chi connectivity index (χ2n) is 6.75. The van der Waals surface area contributed by atoms with Gasteiger partial charge in [-0.1, -0.05) is 0 Å². The van der Waals surface area contributed by atoms with Crippen LogP contribution < -0.4 is 4.74 Å². The fraction of sp³-hybridized carbons (Fsp3) is 0.500. The summed E-state index contributed by atoms with van der Waals surface area (Å²) in [5.74, 6) is 2.46. The van der Waals surface area contributed by atoms with E-state index >= 15 is 0 Å². The third-order valence-corrected chi connectivity index (χ3v) is 4.95. The van der Waals surface area contributed by atoms with Gasteiger partial charge in [0.25, 0.3) is 0 Å². The Bertz CT molecular complexity index is 723. The number of ether oxygens (including phenoxy) is 1. The molecule has 1 N–H and O–H groups in total. The monoisotopic (exact) mass is 327 g/mol. The van der Waals surface area contributed by atoms with Gasteiger partial charge in [0, 0.05) is 18.5 Å². The molecular formula is C18H21N3O3. The van der Waals surface area contributed by atoms with Gasteiger partial charge in [-0.3, -0.25) is 0 Å². The van der Waals surface area contributed by atoms with E-state index in [1.54, 1.807) is 24.5 Å². The fourth-order valence-corrected chi connectivity index (χ4v) is 3.45. The van der Waals surface area contributed by atoms with Gasteiger partial charge in [0.1, 0.15) is 5.56 Å². The zero-order valence-corrected chi connectivity index (χ0v) is 13.5. The van der Waals surface area contributed by atoms with Crippen molar-refractivity contribution in [3.63, 3.8) is 0 Å². The number of nitrogens with zero attached hydrogens (tertiary/aromatic N) is 3. The Balaban J connectivity index is 1.39. The van der Waals surface area contributed by atoms with E-state index in [-0.39, 0.29) is 5.56 Å². The van der Waals surface area contributed by atoms with Crippen molar-refractivity contribution in [2.24, 2.45) is 17.8 Å². The molecule has 126 valence electrons. The Labute approximate surface area is 140 Å². The minimum atomic E-state index is -1.02. The molecule has 2 fully saturated rings. The molecule has 0 aromatic carbocycles. The SMILES string of the molecule is O=C(O)c1cccnc1-n1ccc(OCCC(C2CC2)C2CC2)n1. The van der Waals surface area contributed by atoms with Crippen molar-refractivity contribution in [3.05, 3.63) is 36.2 Å². The second-order valence-corrected chi connectivity index (χ2v) is 6.75. The first-order valence-electron chi connectivity index (χ1n) is 8.59. The van der Waals surface area contributed by atoms with E-state index < -0.39 is 5.97 Å². The summed E-state index contributed by atoms with van der Waals surface area (Å²) in [7, 11) is 0. The van der Waals surface area contributed by atoms with Crippen LogP contribution in [0.1, 0.15) is 42.5 Å². The second kappa shape index (κ2) is 6.26. The van der Waals surface area contributed by atoms with Crippen LogP contribution in [-0.2, 0) is 0 Å². The Morgan fingerprint density at radius 3 is 2.71 bits per heavy atom. The number of carbonyl (C=O) groups is 1. The molecule has 4 rings (SSSR count). The van der Waals surface area contributed by atoms with Gasteiger partial charge in [-0.15, -0.1) is 5.10 Å². The number of aromatic carboxylic acids is 1. The molecule has 2 aliphatic carbocycles. The molecule has 2 aromatic heterocycles. The Morgan fingerprint density at radius 1 is 1.29 bits per heavy atom. The molecule has 24 heavy (non-hydrogen) atoms. The number of carboxylic acids is 1. The third kappa shape index (κ3) is 3.27. The highest BCUT2D eigenvalue weighted by Crippen LogP contribution is 2.50. The van der Waals surface area contributed by atoms with Crippen molar-refractivity contribution in [2.45, 2.75) is 32.1 Å². The van der Waals surface area contributed by atoms with Crippen molar-refractivity contribution < 1.29 is 14.6 Å². The van der Waals surface area contributed by atoms with Crippen molar-refractivity contribution >= 4 is 5.97 Å². The highest BCUT2D eigenvalue weighted by Gasteiger charge is 2.40. The quantitative estimate of drug-likeness (QED) is 0.806. The molecule has 0 unspecified atom stereocenters. The molecule has 2 saturated carbocycles. The number of pyridine rings is 1. The van der Waals surface area contributed by atoms with Gasteiger partial charge in [-0.05, 0) is 62.0 Å². The summed E-state index contributed by atoms with van der Waals surface area (Å²) < 4.78 is 7.24. The Hall–Kier alpha value is -2.37. The van der Waals surface area contributed by atoms with E-state index in [0.29, 0.717) is 18.3 Å². The van der Waals surface area contributed by atoms with Gasteiger partial charge in [0.2, 0.25) is 5.88 Å². The number of rotatable bonds is 8. The van der Waals surface area contributed by atoms with E-state index in [1.165, 1.54) is 36.4 Å². The maximum Gasteiger partial charge on any atom is 0.339 e. The lowest BCUT2D eigenvalue weighted by atomic mass is 9.95. The molecule has 0 atom stereocenters. The van der Waals surface area contributed by atoms with Crippen LogP contribution in [-0.4, -0.2) is 32.4 Å². The molecule has 2 aromatic rings. The number of hydrogen-bond donors (Lipinski definition) is 1. The summed E-state index contributed by atoms with van der Waals surface area (Å²) in [6.07, 6.45) is 9.86. The third-order valence-electron chi connectivity index (χ3n) is 4.95. The predicted molar refractivity (Wildman–Crippen MR) is 87.4 cm³/mol. The maximum atomic E-state index is 11.3. The summed E-state index contributed by atoms with van der Waals surface area (Å²) in [4.78, 5) is 15.4. The Kier molecular flexibility index (Phi) is 3.96. The van der Waals surface area contributed by atoms with Crippen LogP contribution in [0.2, 0.25) is 0 Å². The highest BCUT2D eigenvalue weighted by atomic mass is 16.5. The summed E-state index contributed by atoms with van der Waals surface area (Å²) in [6, 6.07) is 4.87. The smallest absolute Gasteiger partial charge is 0.339 e. The lowest BCUT2D eigenvalue weighted by molar-refractivity contribution is 0.0696. The normalized spacial score (nSPS) is 17.2. The van der Waals surface area contributed by atoms with Crippen molar-refractivity contribution in [1.29, 1.82) is 0 Å². The summed E-state index contributed by atoms with van der Waals surface area (Å²) in [6.45, 7) is 0.669. The minimum absolute atomic E-state index is 0.120. The minimum Gasteiger partial charge on any atom is -0.478 e. The van der Waals surface area contributed by atoms with Crippen molar-refractivity contribution in [3.8, 4) is 11.7 Å². The van der Waals surface area contributed by atoms with Crippen LogP contribution in [0.25, 0.3) is 5.82 Å². The van der Waals surface area contributed by atoms with Gasteiger partial charge < -0.3 is 9.84 Å². The summed E-state index contributed by atoms with van der Waals surface area (Å²) in [5.41, 5.74) is 0.120. The first-order valence-corrected chi connectivity index (χ1v) is 8.59. The molecule has 0 saturated heterocycles. The van der Waals surface area contributed by atoms with Gasteiger partial charge in [0.15, 0.2) is 5.82 Å². The van der Waals surface area contributed by atoms with Crippen molar-refractivity contribution in [1.82, 2.24) is 14.8 Å². The average Bonchev–Trinajstić information content (AvgIpc) is 3.51. The highest BCUT2D eigenvalue weighted by molar-refractivity contribution is 5.90. The van der Waals surface area contributed by atoms with Gasteiger partial charge in [-0.25, -0.2) is 14.5 Å². The summed E-state index contributed by atoms with van der Waals surface area (Å²) >= 11 is 0. The fourth-order valence-electron chi connectivity index (χ4n) is 3.45. The van der Waals surface area contributed by atoms with Gasteiger partial charge in [-0.2, -0.15) is 0 Å². The van der Waals surface area contributed by atoms with Crippen LogP contribution >= 0.6 is 0 Å². The zero-order chi connectivity index (χ0) is 16.5. The average molecular weight is 327 g/mol. The van der Waals surface area contributed by atoms with E-state index in [2.05, 4.69) is 10.1 Å². The first kappa shape index (κ1) is 15.2. The van der Waals surface area contributed by atoms with Crippen LogP contribution in [0.4, 0.5) is 0 Å². The molecular weight excluding hydrogens is 306 g/mol. The van der Waals surface area contributed by atoms with Gasteiger partial charge in [0.05, 0.1) is 6.61 Å². The predicted octanol–water partition coefficient (Wildman–Crippen LogP) is 3.17. The molecule has 6 heteroatoms. The summed E-state index contributed by atoms with van der Waals surface area (Å²) in [5, 5.41) is 13.5. The van der Waals surface area contributed by atoms with Crippen LogP contribution in [0.3, 0.4) is 0 Å². The van der Waals surface area contributed by atoms with E-state index in [1.807, 2.05) is 0 Å². The largest absolute Gasteiger partial charge is 0.478 e. The standard InChI is InChI=1S/C18H21N3O3/c22-18(23)15-2-1-9-19-17(15)21-10-7-16(20-21)24-11-8-14(12-3-4-12)13-5-6-13/h1-2,7,9-10,12-14H,3-6,8,11H2,(H,22,23). The first-order chi connectivity index (χ1) is 11.7. The molecule has 6 nitrogen and oxygen atoms in total. The van der Waals surface area contributed by atoms with Crippen LogP contribution in [0, 0.1) is 17.8 Å². The zero-order valence-electron chi connectivity index (χ0n) is 13.5. The van der Waals surface area contributed by atoms with Crippen molar-refractivity contribution in [2.75, 3.05) is 6.61 Å². The molecule has 0 amide bonds. The molecule has 0 spiro atoms. The molecule has 0 bridgehead atoms. The molecule has 2 aliphatic rings. The molecule has 0 aliphatic heterocycles. The lowest BCUT2D eigenvalue weighted by Gasteiger charge is -2.14. The number of aromatic nitrogens is 3. The van der Waals surface area contributed by atoms with E-state index in [9.17, 15) is 9.90 Å². The van der Waals surface area contributed by atoms with Crippen LogP contribution in [0.5, 0.6) is 5.88 Å². The number of hydrogen-bond acceptors (Lipinski definition) is 4. The van der Waals surface area contributed by atoms with Gasteiger partial charge >= 0.3 is 5.97 Å².